The summed E-state index contributed by atoms with van der Waals surface area (Å²) < 4.78 is 15.9. The van der Waals surface area contributed by atoms with Crippen LogP contribution in [0.1, 0.15) is 19.4 Å². The van der Waals surface area contributed by atoms with Crippen molar-refractivity contribution in [3.05, 3.63) is 23.8 Å². The van der Waals surface area contributed by atoms with Crippen LogP contribution in [-0.4, -0.2) is 51.3 Å². The van der Waals surface area contributed by atoms with Crippen LogP contribution in [0.15, 0.2) is 18.2 Å². The number of nitrogens with zero attached hydrogens (tertiary/aromatic N) is 1. The Kier molecular flexibility index (Phi) is 4.73. The minimum atomic E-state index is -0.614. The molecule has 0 unspecified atom stereocenters. The van der Waals surface area contributed by atoms with Gasteiger partial charge in [-0.05, 0) is 31.5 Å². The molecule has 1 saturated heterocycles. The summed E-state index contributed by atoms with van der Waals surface area (Å²) in [6.45, 7) is 6.38. The van der Waals surface area contributed by atoms with E-state index in [1.807, 2.05) is 36.9 Å². The number of benzene rings is 1. The number of ether oxygens (including phenoxy) is 3. The molecule has 1 amide bonds. The molecule has 0 saturated carbocycles. The molecule has 0 N–H and O–H groups in total. The van der Waals surface area contributed by atoms with Gasteiger partial charge in [-0.25, -0.2) is 0 Å². The smallest absolute Gasteiger partial charge is 0.232 e. The van der Waals surface area contributed by atoms with Gasteiger partial charge >= 0.3 is 0 Å². The van der Waals surface area contributed by atoms with E-state index in [1.165, 1.54) is 0 Å². The van der Waals surface area contributed by atoms with Crippen LogP contribution in [0, 0.1) is 0 Å². The summed E-state index contributed by atoms with van der Waals surface area (Å²) in [7, 11) is 3.19. The Morgan fingerprint density at radius 2 is 1.76 bits per heavy atom. The van der Waals surface area contributed by atoms with Gasteiger partial charge in [0.1, 0.15) is 0 Å². The fraction of sp³-hybridized carbons (Fsp3) is 0.562. The molecule has 5 nitrogen and oxygen atoms in total. The lowest BCUT2D eigenvalue weighted by molar-refractivity contribution is -0.140. The summed E-state index contributed by atoms with van der Waals surface area (Å²) in [4.78, 5) is 14.6. The van der Waals surface area contributed by atoms with Crippen molar-refractivity contribution in [3.8, 4) is 11.5 Å². The van der Waals surface area contributed by atoms with E-state index in [0.717, 1.165) is 5.56 Å². The molecule has 1 aliphatic heterocycles. The van der Waals surface area contributed by atoms with Crippen molar-refractivity contribution < 1.29 is 19.0 Å². The largest absolute Gasteiger partial charge is 0.493 e. The molecule has 116 valence electrons. The van der Waals surface area contributed by atoms with Crippen LogP contribution in [0.25, 0.3) is 0 Å². The molecule has 1 fully saturated rings. The first-order valence-electron chi connectivity index (χ1n) is 7.10. The zero-order valence-corrected chi connectivity index (χ0v) is 13.1. The van der Waals surface area contributed by atoms with Gasteiger partial charge in [0, 0.05) is 13.1 Å². The van der Waals surface area contributed by atoms with E-state index >= 15 is 0 Å². The molecule has 1 aromatic rings. The topological polar surface area (TPSA) is 48.0 Å². The van der Waals surface area contributed by atoms with Gasteiger partial charge in [-0.2, -0.15) is 0 Å². The highest BCUT2D eigenvalue weighted by atomic mass is 16.5. The molecule has 5 heteroatoms. The molecule has 0 radical (unpaired) electrons. The molecule has 0 atom stereocenters. The Morgan fingerprint density at radius 3 is 2.33 bits per heavy atom. The van der Waals surface area contributed by atoms with Gasteiger partial charge < -0.3 is 19.1 Å². The van der Waals surface area contributed by atoms with Crippen molar-refractivity contribution in [2.45, 2.75) is 19.3 Å². The van der Waals surface area contributed by atoms with E-state index < -0.39 is 5.41 Å². The third kappa shape index (κ3) is 3.13. The zero-order valence-electron chi connectivity index (χ0n) is 13.1. The molecule has 1 aliphatic rings. The Morgan fingerprint density at radius 1 is 1.14 bits per heavy atom. The SMILES string of the molecule is COc1ccc(C(C)(C)C(=O)N2CCOCC2)cc1OC. The van der Waals surface area contributed by atoms with Crippen molar-refractivity contribution >= 4 is 5.91 Å². The second-order valence-corrected chi connectivity index (χ2v) is 5.60. The van der Waals surface area contributed by atoms with Crippen LogP contribution in [-0.2, 0) is 14.9 Å². The van der Waals surface area contributed by atoms with Gasteiger partial charge in [0.05, 0.1) is 32.8 Å². The highest BCUT2D eigenvalue weighted by Crippen LogP contribution is 2.34. The number of morpholine rings is 1. The molecular weight excluding hydrogens is 270 g/mol. The number of rotatable bonds is 4. The fourth-order valence-corrected chi connectivity index (χ4v) is 2.51. The summed E-state index contributed by atoms with van der Waals surface area (Å²) >= 11 is 0. The van der Waals surface area contributed by atoms with E-state index in [-0.39, 0.29) is 5.91 Å². The van der Waals surface area contributed by atoms with Crippen LogP contribution in [0.2, 0.25) is 0 Å². The lowest BCUT2D eigenvalue weighted by atomic mass is 9.83. The number of amides is 1. The molecule has 1 aromatic carbocycles. The molecule has 2 rings (SSSR count). The number of hydrogen-bond acceptors (Lipinski definition) is 4. The summed E-state index contributed by atoms with van der Waals surface area (Å²) in [5.74, 6) is 1.41. The number of carbonyl (C=O) groups is 1. The van der Waals surface area contributed by atoms with E-state index in [0.29, 0.717) is 37.8 Å². The predicted molar refractivity (Wildman–Crippen MR) is 80.0 cm³/mol. The normalized spacial score (nSPS) is 15.7. The van der Waals surface area contributed by atoms with Gasteiger partial charge in [0.2, 0.25) is 5.91 Å². The summed E-state index contributed by atoms with van der Waals surface area (Å²) in [5.41, 5.74) is 0.299. The Labute approximate surface area is 125 Å². The number of hydrogen-bond donors (Lipinski definition) is 0. The Bertz CT molecular complexity index is 507. The first-order chi connectivity index (χ1) is 10.0. The van der Waals surface area contributed by atoms with E-state index in [2.05, 4.69) is 0 Å². The van der Waals surface area contributed by atoms with Gasteiger partial charge in [0.15, 0.2) is 11.5 Å². The summed E-state index contributed by atoms with van der Waals surface area (Å²) in [6.07, 6.45) is 0. The maximum Gasteiger partial charge on any atom is 0.232 e. The maximum atomic E-state index is 12.8. The highest BCUT2D eigenvalue weighted by molar-refractivity contribution is 5.87. The third-order valence-corrected chi connectivity index (χ3v) is 3.94. The molecule has 0 bridgehead atoms. The average molecular weight is 293 g/mol. The molecule has 1 heterocycles. The lowest BCUT2D eigenvalue weighted by Gasteiger charge is -2.34. The second-order valence-electron chi connectivity index (χ2n) is 5.60. The van der Waals surface area contributed by atoms with Gasteiger partial charge in [0.25, 0.3) is 0 Å². The van der Waals surface area contributed by atoms with E-state index in [4.69, 9.17) is 14.2 Å². The lowest BCUT2D eigenvalue weighted by Crippen LogP contribution is -2.48. The third-order valence-electron chi connectivity index (χ3n) is 3.94. The average Bonchev–Trinajstić information content (AvgIpc) is 2.54. The second kappa shape index (κ2) is 6.35. The minimum Gasteiger partial charge on any atom is -0.493 e. The molecule has 21 heavy (non-hydrogen) atoms. The van der Waals surface area contributed by atoms with Crippen molar-refractivity contribution in [2.75, 3.05) is 40.5 Å². The Balaban J connectivity index is 2.27. The molecule has 0 aromatic heterocycles. The quantitative estimate of drug-likeness (QED) is 0.850. The highest BCUT2D eigenvalue weighted by Gasteiger charge is 2.35. The maximum absolute atomic E-state index is 12.8. The van der Waals surface area contributed by atoms with Crippen molar-refractivity contribution in [1.29, 1.82) is 0 Å². The summed E-state index contributed by atoms with van der Waals surface area (Å²) in [5, 5.41) is 0. The fourth-order valence-electron chi connectivity index (χ4n) is 2.51. The van der Waals surface area contributed by atoms with Crippen molar-refractivity contribution in [1.82, 2.24) is 4.90 Å². The van der Waals surface area contributed by atoms with Crippen LogP contribution < -0.4 is 9.47 Å². The van der Waals surface area contributed by atoms with Gasteiger partial charge in [-0.3, -0.25) is 4.79 Å². The molecule has 0 spiro atoms. The molecular formula is C16H23NO4. The zero-order chi connectivity index (χ0) is 15.5. The number of methoxy groups -OCH3 is 2. The van der Waals surface area contributed by atoms with Crippen molar-refractivity contribution in [3.63, 3.8) is 0 Å². The van der Waals surface area contributed by atoms with E-state index in [9.17, 15) is 4.79 Å². The van der Waals surface area contributed by atoms with Crippen molar-refractivity contribution in [2.24, 2.45) is 0 Å². The first kappa shape index (κ1) is 15.6. The minimum absolute atomic E-state index is 0.109. The van der Waals surface area contributed by atoms with E-state index in [1.54, 1.807) is 14.2 Å². The molecule has 0 aliphatic carbocycles. The van der Waals surface area contributed by atoms with Crippen LogP contribution in [0.3, 0.4) is 0 Å². The number of carbonyl (C=O) groups excluding carboxylic acids is 1. The van der Waals surface area contributed by atoms with Gasteiger partial charge in [-0.1, -0.05) is 6.07 Å². The van der Waals surface area contributed by atoms with Crippen LogP contribution in [0.4, 0.5) is 0 Å². The summed E-state index contributed by atoms with van der Waals surface area (Å²) in [6, 6.07) is 5.62. The first-order valence-corrected chi connectivity index (χ1v) is 7.10. The Hall–Kier alpha value is -1.75. The van der Waals surface area contributed by atoms with Crippen LogP contribution in [0.5, 0.6) is 11.5 Å². The monoisotopic (exact) mass is 293 g/mol. The standard InChI is InChI=1S/C16H23NO4/c1-16(2,15(18)17-7-9-21-10-8-17)12-5-6-13(19-3)14(11-12)20-4/h5-6,11H,7-10H2,1-4H3. The predicted octanol–water partition coefficient (Wildman–Crippen LogP) is 1.84. The van der Waals surface area contributed by atoms with Gasteiger partial charge in [-0.15, -0.1) is 0 Å². The van der Waals surface area contributed by atoms with Crippen LogP contribution >= 0.6 is 0 Å².